The molecule has 0 aromatic heterocycles. The van der Waals surface area contributed by atoms with Gasteiger partial charge in [0.15, 0.2) is 11.0 Å². The van der Waals surface area contributed by atoms with E-state index in [1.807, 2.05) is 13.8 Å². The summed E-state index contributed by atoms with van der Waals surface area (Å²) in [5.74, 6) is -3.01. The van der Waals surface area contributed by atoms with Crippen molar-refractivity contribution < 1.29 is 82.8 Å². The minimum Gasteiger partial charge on any atom is -1.00 e. The van der Waals surface area contributed by atoms with Crippen LogP contribution in [0.15, 0.2) is 36.4 Å². The zero-order valence-corrected chi connectivity index (χ0v) is 30.8. The van der Waals surface area contributed by atoms with Crippen LogP contribution >= 0.6 is 0 Å². The van der Waals surface area contributed by atoms with E-state index >= 15 is 0 Å². The van der Waals surface area contributed by atoms with E-state index in [4.69, 9.17) is 9.47 Å². The third kappa shape index (κ3) is 12.3. The monoisotopic (exact) mass is 686 g/mol. The summed E-state index contributed by atoms with van der Waals surface area (Å²) in [6.45, 7) is 8.35. The second-order valence-electron chi connectivity index (χ2n) is 11.4. The number of phenols is 2. The van der Waals surface area contributed by atoms with Crippen molar-refractivity contribution in [1.29, 1.82) is 0 Å². The summed E-state index contributed by atoms with van der Waals surface area (Å²) in [5, 5.41) is 17.5. The molecule has 0 saturated heterocycles. The van der Waals surface area contributed by atoms with E-state index in [-0.39, 0.29) is 95.6 Å². The molecule has 0 bridgehead atoms. The van der Waals surface area contributed by atoms with Crippen molar-refractivity contribution in [2.75, 3.05) is 13.2 Å². The molecule has 3 rings (SSSR count). The molecule has 1 aliphatic rings. The van der Waals surface area contributed by atoms with Crippen LogP contribution in [-0.4, -0.2) is 65.2 Å². The Morgan fingerprint density at radius 1 is 0.766 bits per heavy atom. The molecule has 0 radical (unpaired) electrons. The Morgan fingerprint density at radius 2 is 1.21 bits per heavy atom. The van der Waals surface area contributed by atoms with Crippen LogP contribution in [-0.2, 0) is 29.2 Å². The molecular formula is C34H47NaO11S. The SMILES string of the molecule is CCCCC(CC)COC(=O)CC(C(=O)OCC(CC)CCCC)S(=O)(=O)O.O=C1c2cccc(O)c2C(=O)c2c(O)cccc21.[H-].[Na+]. The van der Waals surface area contributed by atoms with Gasteiger partial charge in [-0.05, 0) is 36.8 Å². The molecule has 0 aliphatic heterocycles. The van der Waals surface area contributed by atoms with Crippen LogP contribution in [0, 0.1) is 11.8 Å². The van der Waals surface area contributed by atoms with E-state index < -0.39 is 39.5 Å². The number of aromatic hydroxyl groups is 2. The molecule has 13 heteroatoms. The van der Waals surface area contributed by atoms with Gasteiger partial charge in [-0.15, -0.1) is 0 Å². The van der Waals surface area contributed by atoms with Gasteiger partial charge in [-0.25, -0.2) is 0 Å². The van der Waals surface area contributed by atoms with Crippen molar-refractivity contribution in [3.05, 3.63) is 58.7 Å². The molecule has 0 heterocycles. The zero-order chi connectivity index (χ0) is 34.4. The van der Waals surface area contributed by atoms with Gasteiger partial charge >= 0.3 is 41.5 Å². The third-order valence-corrected chi connectivity index (χ3v) is 9.11. The van der Waals surface area contributed by atoms with Gasteiger partial charge in [0.25, 0.3) is 10.1 Å². The largest absolute Gasteiger partial charge is 1.00 e. The van der Waals surface area contributed by atoms with Crippen molar-refractivity contribution in [2.24, 2.45) is 11.8 Å². The summed E-state index contributed by atoms with van der Waals surface area (Å²) in [6, 6.07) is 8.68. The normalized spacial score (nSPS) is 13.9. The summed E-state index contributed by atoms with van der Waals surface area (Å²) in [6.07, 6.45) is 6.74. The Morgan fingerprint density at radius 3 is 1.62 bits per heavy atom. The summed E-state index contributed by atoms with van der Waals surface area (Å²) in [5.41, 5.74) is 0.240. The maximum Gasteiger partial charge on any atom is 1.00 e. The number of ether oxygens (including phenoxy) is 2. The fourth-order valence-electron chi connectivity index (χ4n) is 5.03. The van der Waals surface area contributed by atoms with Gasteiger partial charge in [0.2, 0.25) is 5.78 Å². The molecule has 3 atom stereocenters. The molecule has 0 amide bonds. The number of hydrogen-bond acceptors (Lipinski definition) is 10. The van der Waals surface area contributed by atoms with E-state index in [0.717, 1.165) is 51.4 Å². The number of rotatable bonds is 16. The molecule has 256 valence electrons. The topological polar surface area (TPSA) is 182 Å². The Labute approximate surface area is 301 Å². The second-order valence-corrected chi connectivity index (χ2v) is 13.0. The van der Waals surface area contributed by atoms with Gasteiger partial charge in [-0.1, -0.05) is 90.5 Å². The molecule has 0 saturated carbocycles. The van der Waals surface area contributed by atoms with Crippen LogP contribution in [0.1, 0.15) is 119 Å². The van der Waals surface area contributed by atoms with Crippen molar-refractivity contribution in [2.45, 2.75) is 90.7 Å². The van der Waals surface area contributed by atoms with Crippen LogP contribution in [0.5, 0.6) is 11.5 Å². The number of unbranched alkanes of at least 4 members (excludes halogenated alkanes) is 2. The second kappa shape index (κ2) is 20.6. The molecule has 11 nitrogen and oxygen atoms in total. The number of ketones is 2. The quantitative estimate of drug-likeness (QED) is 0.114. The third-order valence-electron chi connectivity index (χ3n) is 8.03. The standard InChI is InChI=1S/C20H38O7S.C14H8O4.Na.H/c1-5-9-11-16(7-3)14-26-19(21)13-18(28(23,24)25)20(22)27-15-17(8-4)12-10-6-2;15-9-5-1-3-7-11(9)14(18)12-8(13(7)17)4-2-6-10(12)16;;/h16-18H,5-15H2,1-4H3,(H,23,24,25);1-6,15-16H;;/q;;+1;-1. The Kier molecular flexibility index (Phi) is 18.5. The minimum atomic E-state index is -4.76. The molecular weight excluding hydrogens is 639 g/mol. The van der Waals surface area contributed by atoms with Gasteiger partial charge < -0.3 is 21.1 Å². The van der Waals surface area contributed by atoms with Crippen molar-refractivity contribution >= 4 is 33.6 Å². The van der Waals surface area contributed by atoms with Gasteiger partial charge in [0, 0.05) is 11.1 Å². The predicted octanol–water partition coefficient (Wildman–Crippen LogP) is 3.14. The van der Waals surface area contributed by atoms with Gasteiger partial charge in [-0.2, -0.15) is 8.42 Å². The van der Waals surface area contributed by atoms with Gasteiger partial charge in [-0.3, -0.25) is 23.7 Å². The fraction of sp³-hybridized carbons (Fsp3) is 0.529. The van der Waals surface area contributed by atoms with Crippen molar-refractivity contribution in [1.82, 2.24) is 0 Å². The molecule has 0 spiro atoms. The molecule has 3 N–H and O–H groups in total. The average Bonchev–Trinajstić information content (AvgIpc) is 3.02. The molecule has 0 fully saturated rings. The van der Waals surface area contributed by atoms with Crippen LogP contribution in [0.3, 0.4) is 0 Å². The van der Waals surface area contributed by atoms with E-state index in [0.29, 0.717) is 0 Å². The number of benzene rings is 2. The predicted molar refractivity (Wildman–Crippen MR) is 173 cm³/mol. The van der Waals surface area contributed by atoms with Gasteiger partial charge in [0.05, 0.1) is 30.8 Å². The minimum absolute atomic E-state index is 0. The van der Waals surface area contributed by atoms with Crippen LogP contribution < -0.4 is 29.6 Å². The molecule has 2 aromatic carbocycles. The summed E-state index contributed by atoms with van der Waals surface area (Å²) < 4.78 is 42.8. The maximum atomic E-state index is 12.2. The van der Waals surface area contributed by atoms with Crippen LogP contribution in [0.25, 0.3) is 0 Å². The Bertz CT molecular complexity index is 1420. The van der Waals surface area contributed by atoms with Gasteiger partial charge in [0.1, 0.15) is 11.5 Å². The first-order chi connectivity index (χ1) is 21.8. The number of carbonyl (C=O) groups excluding carboxylic acids is 4. The first kappa shape index (κ1) is 42.3. The first-order valence-electron chi connectivity index (χ1n) is 15.8. The fourth-order valence-corrected chi connectivity index (χ4v) is 5.68. The molecule has 1 aliphatic carbocycles. The summed E-state index contributed by atoms with van der Waals surface area (Å²) in [7, 11) is -4.76. The van der Waals surface area contributed by atoms with E-state index in [1.165, 1.54) is 36.4 Å². The van der Waals surface area contributed by atoms with Crippen LogP contribution in [0.2, 0.25) is 0 Å². The summed E-state index contributed by atoms with van der Waals surface area (Å²) >= 11 is 0. The first-order valence-corrected chi connectivity index (χ1v) is 17.3. The number of esters is 2. The molecule has 2 aromatic rings. The molecule has 3 unspecified atom stereocenters. The van der Waals surface area contributed by atoms with E-state index in [9.17, 15) is 42.4 Å². The number of hydrogen-bond donors (Lipinski definition) is 3. The Balaban J connectivity index is 0.000000948. The smallest absolute Gasteiger partial charge is 1.00 e. The maximum absolute atomic E-state index is 12.2. The average molecular weight is 687 g/mol. The zero-order valence-electron chi connectivity index (χ0n) is 29.0. The Hall–Kier alpha value is -2.77. The summed E-state index contributed by atoms with van der Waals surface area (Å²) in [4.78, 5) is 48.6. The van der Waals surface area contributed by atoms with Crippen molar-refractivity contribution in [3.8, 4) is 11.5 Å². The van der Waals surface area contributed by atoms with E-state index in [1.54, 1.807) is 0 Å². The number of carbonyl (C=O) groups is 4. The van der Waals surface area contributed by atoms with Crippen molar-refractivity contribution in [3.63, 3.8) is 0 Å². The van der Waals surface area contributed by atoms with E-state index in [2.05, 4.69) is 13.8 Å². The van der Waals surface area contributed by atoms with Crippen LogP contribution in [0.4, 0.5) is 0 Å². The number of fused-ring (bicyclic) bond motifs is 2. The molecule has 47 heavy (non-hydrogen) atoms. The number of phenolic OH excluding ortho intramolecular Hbond substituents is 2.